The summed E-state index contributed by atoms with van der Waals surface area (Å²) < 4.78 is 17.0. The molecule has 6 nitrogen and oxygen atoms in total. The maximum atomic E-state index is 12.9. The van der Waals surface area contributed by atoms with Gasteiger partial charge in [-0.1, -0.05) is 337 Å². The van der Waals surface area contributed by atoms with Crippen molar-refractivity contribution in [3.63, 3.8) is 0 Å². The molecule has 0 amide bonds. The minimum Gasteiger partial charge on any atom is -0.462 e. The summed E-state index contributed by atoms with van der Waals surface area (Å²) in [5.41, 5.74) is 0. The summed E-state index contributed by atoms with van der Waals surface area (Å²) in [6.07, 6.45) is 90.3. The minimum atomic E-state index is -0.779. The van der Waals surface area contributed by atoms with E-state index in [1.165, 1.54) is 199 Å². The molecule has 80 heavy (non-hydrogen) atoms. The first-order valence-electron chi connectivity index (χ1n) is 34.6. The van der Waals surface area contributed by atoms with Gasteiger partial charge in [-0.3, -0.25) is 14.4 Å². The van der Waals surface area contributed by atoms with E-state index in [2.05, 4.69) is 106 Å². The molecule has 462 valence electrons. The highest BCUT2D eigenvalue weighted by molar-refractivity contribution is 5.71. The molecule has 0 heterocycles. The first-order valence-corrected chi connectivity index (χ1v) is 34.6. The van der Waals surface area contributed by atoms with Crippen LogP contribution in [0.4, 0.5) is 0 Å². The average Bonchev–Trinajstić information content (AvgIpc) is 3.46. The van der Waals surface area contributed by atoms with Crippen molar-refractivity contribution in [3.8, 4) is 0 Å². The van der Waals surface area contributed by atoms with E-state index in [1.807, 2.05) is 0 Å². The zero-order valence-corrected chi connectivity index (χ0v) is 53.1. The van der Waals surface area contributed by atoms with Crippen LogP contribution in [0.5, 0.6) is 0 Å². The van der Waals surface area contributed by atoms with Gasteiger partial charge in [0.2, 0.25) is 0 Å². The van der Waals surface area contributed by atoms with Crippen molar-refractivity contribution < 1.29 is 28.6 Å². The Morgan fingerprint density at radius 3 is 0.762 bits per heavy atom. The average molecular weight is 1120 g/mol. The van der Waals surface area contributed by atoms with Crippen LogP contribution in [0.1, 0.15) is 348 Å². The molecule has 0 aliphatic rings. The molecule has 0 N–H and O–H groups in total. The van der Waals surface area contributed by atoms with Gasteiger partial charge in [0.05, 0.1) is 0 Å². The summed E-state index contributed by atoms with van der Waals surface area (Å²) in [7, 11) is 0. The number of carbonyl (C=O) groups is 3. The second-order valence-corrected chi connectivity index (χ2v) is 23.1. The largest absolute Gasteiger partial charge is 0.462 e. The van der Waals surface area contributed by atoms with Gasteiger partial charge < -0.3 is 14.2 Å². The van der Waals surface area contributed by atoms with Gasteiger partial charge in [0.25, 0.3) is 0 Å². The third-order valence-electron chi connectivity index (χ3n) is 15.2. The zero-order chi connectivity index (χ0) is 57.8. The van der Waals surface area contributed by atoms with Crippen LogP contribution < -0.4 is 0 Å². The Kier molecular flexibility index (Phi) is 65.2. The van der Waals surface area contributed by atoms with E-state index in [1.54, 1.807) is 0 Å². The lowest BCUT2D eigenvalue weighted by Crippen LogP contribution is -2.30. The van der Waals surface area contributed by atoms with Crippen molar-refractivity contribution in [2.75, 3.05) is 13.2 Å². The van der Waals surface area contributed by atoms with Gasteiger partial charge >= 0.3 is 17.9 Å². The molecule has 0 bridgehead atoms. The highest BCUT2D eigenvalue weighted by Gasteiger charge is 2.19. The number of esters is 3. The van der Waals surface area contributed by atoms with Gasteiger partial charge in [0.1, 0.15) is 13.2 Å². The lowest BCUT2D eigenvalue weighted by molar-refractivity contribution is -0.167. The summed E-state index contributed by atoms with van der Waals surface area (Å²) in [5, 5.41) is 0. The molecule has 0 saturated carbocycles. The Morgan fingerprint density at radius 1 is 0.263 bits per heavy atom. The third kappa shape index (κ3) is 65.4. The fourth-order valence-corrected chi connectivity index (χ4v) is 10.0. The molecule has 0 spiro atoms. The first kappa shape index (κ1) is 76.6. The molecular weight excluding hydrogens is 985 g/mol. The predicted molar refractivity (Wildman–Crippen MR) is 348 cm³/mol. The van der Waals surface area contributed by atoms with Crippen molar-refractivity contribution in [1.29, 1.82) is 0 Å². The third-order valence-corrected chi connectivity index (χ3v) is 15.2. The zero-order valence-electron chi connectivity index (χ0n) is 53.1. The molecule has 0 rings (SSSR count). The maximum absolute atomic E-state index is 12.9. The SMILES string of the molecule is CC/C=C\C/C=C\C/C=C\C/C=C\C/C=C\C/C=C\C/C=C\CCCCCCCCCC(=O)OCC(COC(=O)CCCCCCCCCCCCCC)OC(=O)CCCCCCCCCCCCCCCCCCCCCCC. The molecule has 0 radical (unpaired) electrons. The van der Waals surface area contributed by atoms with Crippen LogP contribution in [0.3, 0.4) is 0 Å². The van der Waals surface area contributed by atoms with Gasteiger partial charge in [-0.25, -0.2) is 0 Å². The molecule has 6 heteroatoms. The van der Waals surface area contributed by atoms with E-state index in [9.17, 15) is 14.4 Å². The van der Waals surface area contributed by atoms with E-state index < -0.39 is 6.10 Å². The van der Waals surface area contributed by atoms with Crippen LogP contribution in [0.15, 0.2) is 85.1 Å². The van der Waals surface area contributed by atoms with Crippen LogP contribution in [0.25, 0.3) is 0 Å². The molecule has 0 aromatic carbocycles. The van der Waals surface area contributed by atoms with Gasteiger partial charge in [-0.15, -0.1) is 0 Å². The van der Waals surface area contributed by atoms with Crippen LogP contribution in [-0.2, 0) is 28.6 Å². The smallest absolute Gasteiger partial charge is 0.306 e. The molecule has 0 fully saturated rings. The molecule has 0 saturated heterocycles. The highest BCUT2D eigenvalue weighted by atomic mass is 16.6. The second-order valence-electron chi connectivity index (χ2n) is 23.1. The Balaban J connectivity index is 4.28. The van der Waals surface area contributed by atoms with E-state index in [-0.39, 0.29) is 31.1 Å². The number of hydrogen-bond acceptors (Lipinski definition) is 6. The summed E-state index contributed by atoms with van der Waals surface area (Å²) in [6.45, 7) is 6.56. The molecule has 1 unspecified atom stereocenters. The number of allylic oxidation sites excluding steroid dienone is 14. The normalized spacial score (nSPS) is 12.6. The number of hydrogen-bond donors (Lipinski definition) is 0. The van der Waals surface area contributed by atoms with Crippen molar-refractivity contribution in [2.24, 2.45) is 0 Å². The molecule has 1 atom stereocenters. The van der Waals surface area contributed by atoms with Crippen molar-refractivity contribution in [3.05, 3.63) is 85.1 Å². The summed E-state index contributed by atoms with van der Waals surface area (Å²) in [6, 6.07) is 0. The molecular formula is C74H130O6. The van der Waals surface area contributed by atoms with Crippen LogP contribution in [0.2, 0.25) is 0 Å². The molecule has 0 aromatic rings. The quantitative estimate of drug-likeness (QED) is 0.0261. The topological polar surface area (TPSA) is 78.9 Å². The number of rotatable bonds is 63. The molecule has 0 aromatic heterocycles. The van der Waals surface area contributed by atoms with Crippen molar-refractivity contribution in [1.82, 2.24) is 0 Å². The van der Waals surface area contributed by atoms with Crippen molar-refractivity contribution in [2.45, 2.75) is 354 Å². The van der Waals surface area contributed by atoms with Crippen molar-refractivity contribution >= 4 is 17.9 Å². The number of carbonyl (C=O) groups excluding carboxylic acids is 3. The van der Waals surface area contributed by atoms with E-state index >= 15 is 0 Å². The van der Waals surface area contributed by atoms with Gasteiger partial charge in [0, 0.05) is 19.3 Å². The summed E-state index contributed by atoms with van der Waals surface area (Å²) >= 11 is 0. The standard InChI is InChI=1S/C74H130O6/c1-4-7-10-13-16-19-22-25-27-29-31-33-34-35-36-37-38-39-40-42-43-45-47-49-52-55-58-61-64-67-73(76)79-70-71(69-78-72(75)66-63-60-57-54-51-24-21-18-15-12-9-6-3)80-74(77)68-65-62-59-56-53-50-48-46-44-41-32-30-28-26-23-20-17-14-11-8-5-2/h7,10,16,19,25,27,31,33,35-36,38-39,42-43,71H,4-6,8-9,11-15,17-18,20-24,26,28-30,32,34,37,40-41,44-70H2,1-3H3/b10-7-,19-16-,27-25-,33-31-,36-35-,39-38-,43-42-. The van der Waals surface area contributed by atoms with Gasteiger partial charge in [-0.2, -0.15) is 0 Å². The fourth-order valence-electron chi connectivity index (χ4n) is 10.0. The number of unbranched alkanes of at least 4 members (excludes halogenated alkanes) is 38. The molecule has 0 aliphatic heterocycles. The summed E-state index contributed by atoms with van der Waals surface area (Å²) in [4.78, 5) is 38.4. The molecule has 0 aliphatic carbocycles. The highest BCUT2D eigenvalue weighted by Crippen LogP contribution is 2.18. The van der Waals surface area contributed by atoms with Crippen LogP contribution >= 0.6 is 0 Å². The second kappa shape index (κ2) is 68.1. The van der Waals surface area contributed by atoms with E-state index in [0.717, 1.165) is 109 Å². The number of ether oxygens (including phenoxy) is 3. The minimum absolute atomic E-state index is 0.0747. The van der Waals surface area contributed by atoms with Gasteiger partial charge in [-0.05, 0) is 77.0 Å². The van der Waals surface area contributed by atoms with Crippen LogP contribution in [0, 0.1) is 0 Å². The summed E-state index contributed by atoms with van der Waals surface area (Å²) in [5.74, 6) is -0.867. The Bertz CT molecular complexity index is 1520. The fraction of sp³-hybridized carbons (Fsp3) is 0.770. The predicted octanol–water partition coefficient (Wildman–Crippen LogP) is 23.8. The Hall–Kier alpha value is -3.41. The van der Waals surface area contributed by atoms with E-state index in [0.29, 0.717) is 19.3 Å². The lowest BCUT2D eigenvalue weighted by atomic mass is 10.0. The van der Waals surface area contributed by atoms with Crippen LogP contribution in [-0.4, -0.2) is 37.2 Å². The lowest BCUT2D eigenvalue weighted by Gasteiger charge is -2.18. The Morgan fingerprint density at radius 2 is 0.487 bits per heavy atom. The van der Waals surface area contributed by atoms with Gasteiger partial charge in [0.15, 0.2) is 6.10 Å². The Labute approximate surface area is 496 Å². The van der Waals surface area contributed by atoms with E-state index in [4.69, 9.17) is 14.2 Å². The first-order chi connectivity index (χ1) is 39.5. The monoisotopic (exact) mass is 1110 g/mol. The maximum Gasteiger partial charge on any atom is 0.306 e.